The highest BCUT2D eigenvalue weighted by molar-refractivity contribution is 5.42. The van der Waals surface area contributed by atoms with E-state index >= 15 is 0 Å². The van der Waals surface area contributed by atoms with E-state index in [4.69, 9.17) is 16.3 Å². The maximum Gasteiger partial charge on any atom is 0.223 e. The summed E-state index contributed by atoms with van der Waals surface area (Å²) in [5.41, 5.74) is 5.48. The minimum atomic E-state index is 0.000763. The average molecular weight is 186 g/mol. The summed E-state index contributed by atoms with van der Waals surface area (Å²) in [4.78, 5) is 2.81. The number of nitrogens with one attached hydrogen (secondary N) is 2. The topological polar surface area (TPSA) is 99.8 Å². The first-order chi connectivity index (χ1) is 6.76. The van der Waals surface area contributed by atoms with Gasteiger partial charge in [-0.25, -0.2) is 4.98 Å². The molecule has 1 aromatic rings. The zero-order valence-electron chi connectivity index (χ0n) is 7.28. The van der Waals surface area contributed by atoms with Crippen molar-refractivity contribution >= 4 is 11.6 Å². The molecule has 0 bridgehead atoms. The minimum absolute atomic E-state index is 0.000763. The van der Waals surface area contributed by atoms with Crippen LogP contribution < -0.4 is 16.0 Å². The first-order valence-corrected chi connectivity index (χ1v) is 3.81. The number of nitriles is 2. The largest absolute Gasteiger partial charge is 0.319 e. The van der Waals surface area contributed by atoms with Crippen molar-refractivity contribution in [1.82, 2.24) is 0 Å². The number of rotatable bonds is 2. The van der Waals surface area contributed by atoms with Crippen LogP contribution in [0.25, 0.3) is 0 Å². The molecule has 0 aliphatic carbocycles. The fourth-order valence-corrected chi connectivity index (χ4v) is 0.811. The molecular formula is C9H8N5+. The van der Waals surface area contributed by atoms with E-state index in [9.17, 15) is 0 Å². The molecule has 0 atom stereocenters. The Labute approximate surface area is 81.1 Å². The Morgan fingerprint density at radius 1 is 1.43 bits per heavy atom. The van der Waals surface area contributed by atoms with E-state index in [-0.39, 0.29) is 5.57 Å². The minimum Gasteiger partial charge on any atom is -0.319 e. The smallest absolute Gasteiger partial charge is 0.223 e. The molecule has 0 saturated heterocycles. The van der Waals surface area contributed by atoms with Crippen LogP contribution in [0.4, 0.5) is 11.6 Å². The van der Waals surface area contributed by atoms with Crippen LogP contribution in [-0.2, 0) is 0 Å². The van der Waals surface area contributed by atoms with Gasteiger partial charge in [-0.05, 0) is 6.07 Å². The molecule has 5 heteroatoms. The van der Waals surface area contributed by atoms with Crippen LogP contribution >= 0.6 is 0 Å². The lowest BCUT2D eigenvalue weighted by Crippen LogP contribution is -2.14. The highest BCUT2D eigenvalue weighted by atomic mass is 15.0. The van der Waals surface area contributed by atoms with Gasteiger partial charge < -0.3 is 5.73 Å². The van der Waals surface area contributed by atoms with Crippen molar-refractivity contribution in [2.75, 3.05) is 11.1 Å². The third-order valence-corrected chi connectivity index (χ3v) is 1.43. The van der Waals surface area contributed by atoms with Crippen molar-refractivity contribution < 1.29 is 4.98 Å². The fraction of sp³-hybridized carbons (Fsp3) is 0. The van der Waals surface area contributed by atoms with Gasteiger partial charge in [-0.1, -0.05) is 0 Å². The lowest BCUT2D eigenvalue weighted by molar-refractivity contribution is -0.342. The molecule has 0 spiro atoms. The maximum atomic E-state index is 8.44. The maximum absolute atomic E-state index is 8.44. The van der Waals surface area contributed by atoms with Gasteiger partial charge >= 0.3 is 0 Å². The van der Waals surface area contributed by atoms with E-state index in [0.717, 1.165) is 0 Å². The van der Waals surface area contributed by atoms with Gasteiger partial charge in [0.1, 0.15) is 12.1 Å². The van der Waals surface area contributed by atoms with Gasteiger partial charge in [0.25, 0.3) is 0 Å². The molecular weight excluding hydrogens is 178 g/mol. The number of H-pyrrole nitrogens is 1. The van der Waals surface area contributed by atoms with E-state index in [0.29, 0.717) is 11.6 Å². The molecule has 0 saturated carbocycles. The van der Waals surface area contributed by atoms with Crippen molar-refractivity contribution in [3.8, 4) is 12.1 Å². The number of aromatic amines is 1. The van der Waals surface area contributed by atoms with Crippen LogP contribution in [-0.4, -0.2) is 0 Å². The molecule has 1 rings (SSSR count). The van der Waals surface area contributed by atoms with Gasteiger partial charge in [-0.2, -0.15) is 10.5 Å². The van der Waals surface area contributed by atoms with Crippen LogP contribution in [0.1, 0.15) is 0 Å². The molecule has 0 aromatic carbocycles. The number of nitrogens with zero attached hydrogens (tertiary/aromatic N) is 2. The van der Waals surface area contributed by atoms with Crippen LogP contribution in [0.5, 0.6) is 0 Å². The fourth-order valence-electron chi connectivity index (χ4n) is 0.811. The first kappa shape index (κ1) is 9.56. The molecule has 68 valence electrons. The Morgan fingerprint density at radius 3 is 2.71 bits per heavy atom. The number of hydrogen-bond acceptors (Lipinski definition) is 4. The number of allylic oxidation sites excluding steroid dienone is 1. The summed E-state index contributed by atoms with van der Waals surface area (Å²) in [5.74, 6) is 1.12. The van der Waals surface area contributed by atoms with Crippen molar-refractivity contribution in [3.63, 3.8) is 0 Å². The van der Waals surface area contributed by atoms with Crippen LogP contribution in [0, 0.1) is 22.7 Å². The summed E-state index contributed by atoms with van der Waals surface area (Å²) in [7, 11) is 0. The Balaban J connectivity index is 2.77. The number of nitrogen functional groups attached to an aromatic ring is 1. The van der Waals surface area contributed by atoms with Crippen LogP contribution in [0.2, 0.25) is 0 Å². The van der Waals surface area contributed by atoms with Gasteiger partial charge in [-0.3, -0.25) is 5.32 Å². The van der Waals surface area contributed by atoms with Gasteiger partial charge in [0, 0.05) is 12.1 Å². The second-order valence-corrected chi connectivity index (χ2v) is 2.45. The van der Waals surface area contributed by atoms with E-state index in [1.807, 2.05) is 0 Å². The highest BCUT2D eigenvalue weighted by Crippen LogP contribution is 2.00. The predicted molar refractivity (Wildman–Crippen MR) is 50.3 cm³/mol. The molecule has 0 fully saturated rings. The number of nitrogens with two attached hydrogens (primary N) is 1. The third kappa shape index (κ3) is 2.50. The lowest BCUT2D eigenvalue weighted by Gasteiger charge is -1.94. The molecule has 0 aliphatic rings. The quantitative estimate of drug-likeness (QED) is 0.654. The first-order valence-electron chi connectivity index (χ1n) is 3.81. The monoisotopic (exact) mass is 186 g/mol. The van der Waals surface area contributed by atoms with Crippen molar-refractivity contribution in [2.45, 2.75) is 0 Å². The van der Waals surface area contributed by atoms with Gasteiger partial charge in [0.05, 0.1) is 6.20 Å². The van der Waals surface area contributed by atoms with E-state index in [1.54, 1.807) is 30.3 Å². The van der Waals surface area contributed by atoms with E-state index in [2.05, 4.69) is 10.3 Å². The summed E-state index contributed by atoms with van der Waals surface area (Å²) >= 11 is 0. The molecule has 1 aromatic heterocycles. The second kappa shape index (κ2) is 4.48. The van der Waals surface area contributed by atoms with Crippen molar-refractivity contribution in [1.29, 1.82) is 10.5 Å². The highest BCUT2D eigenvalue weighted by Gasteiger charge is 1.98. The molecule has 4 N–H and O–H groups in total. The molecule has 0 amide bonds. The Morgan fingerprint density at radius 2 is 2.14 bits per heavy atom. The van der Waals surface area contributed by atoms with Gasteiger partial charge in [-0.15, -0.1) is 0 Å². The van der Waals surface area contributed by atoms with Gasteiger partial charge in [0.15, 0.2) is 5.57 Å². The van der Waals surface area contributed by atoms with Gasteiger partial charge in [0.2, 0.25) is 11.6 Å². The average Bonchev–Trinajstić information content (AvgIpc) is 2.19. The number of pyridine rings is 1. The van der Waals surface area contributed by atoms with Crippen molar-refractivity contribution in [3.05, 3.63) is 30.0 Å². The SMILES string of the molecule is N#CC(C#N)=CNc1cccc(N)[nH+]1. The Kier molecular flexibility index (Phi) is 3.06. The predicted octanol–water partition coefficient (Wildman–Crippen LogP) is 0.426. The molecule has 5 nitrogen and oxygen atoms in total. The summed E-state index contributed by atoms with van der Waals surface area (Å²) in [6.07, 6.45) is 1.31. The molecule has 0 unspecified atom stereocenters. The summed E-state index contributed by atoms with van der Waals surface area (Å²) in [6.45, 7) is 0. The zero-order chi connectivity index (χ0) is 10.4. The van der Waals surface area contributed by atoms with Crippen molar-refractivity contribution in [2.24, 2.45) is 0 Å². The Bertz CT molecular complexity index is 419. The summed E-state index contributed by atoms with van der Waals surface area (Å²) in [5, 5.41) is 19.6. The number of anilines is 2. The molecule has 0 aliphatic heterocycles. The molecule has 0 radical (unpaired) electrons. The zero-order valence-corrected chi connectivity index (χ0v) is 7.28. The second-order valence-electron chi connectivity index (χ2n) is 2.45. The summed E-state index contributed by atoms with van der Waals surface area (Å²) in [6, 6.07) is 8.64. The number of aromatic nitrogens is 1. The van der Waals surface area contributed by atoms with E-state index in [1.165, 1.54) is 6.20 Å². The molecule has 1 heterocycles. The lowest BCUT2D eigenvalue weighted by atomic mass is 10.3. The van der Waals surface area contributed by atoms with Crippen LogP contribution in [0.3, 0.4) is 0 Å². The molecule has 14 heavy (non-hydrogen) atoms. The normalized spacial score (nSPS) is 8.14. The third-order valence-electron chi connectivity index (χ3n) is 1.43. The Hall–Kier alpha value is -2.53. The number of hydrogen-bond donors (Lipinski definition) is 2. The standard InChI is InChI=1S/C9H7N5/c10-4-7(5-11)6-13-9-3-1-2-8(12)14-9/h1-3,6H,(H3,12,13,14)/p+1. The van der Waals surface area contributed by atoms with Crippen LogP contribution in [0.15, 0.2) is 30.0 Å². The van der Waals surface area contributed by atoms with E-state index < -0.39 is 0 Å². The summed E-state index contributed by atoms with van der Waals surface area (Å²) < 4.78 is 0.